The van der Waals surface area contributed by atoms with Gasteiger partial charge in [0, 0.05) is 0 Å². The molecule has 0 aliphatic carbocycles. The van der Waals surface area contributed by atoms with Crippen molar-refractivity contribution in [1.29, 1.82) is 0 Å². The van der Waals surface area contributed by atoms with Crippen molar-refractivity contribution in [2.75, 3.05) is 13.7 Å². The third-order valence-corrected chi connectivity index (χ3v) is 9.91. The van der Waals surface area contributed by atoms with Gasteiger partial charge in [-0.15, -0.1) is 0 Å². The van der Waals surface area contributed by atoms with Crippen LogP contribution in [-0.2, 0) is 7.90 Å². The molecule has 0 aromatic rings. The van der Waals surface area contributed by atoms with Gasteiger partial charge >= 0.3 is 129 Å². The van der Waals surface area contributed by atoms with Crippen LogP contribution in [0.1, 0.15) is 39.0 Å². The normalized spacial score (nSPS) is 15.5. The van der Waals surface area contributed by atoms with Crippen molar-refractivity contribution in [3.05, 3.63) is 0 Å². The van der Waals surface area contributed by atoms with E-state index in [2.05, 4.69) is 31.0 Å². The van der Waals surface area contributed by atoms with Gasteiger partial charge in [-0.05, 0) is 0 Å². The van der Waals surface area contributed by atoms with Crippen molar-refractivity contribution < 1.29 is 25.1 Å². The summed E-state index contributed by atoms with van der Waals surface area (Å²) >= 11 is 4.54. The van der Waals surface area contributed by atoms with Crippen LogP contribution in [0.15, 0.2) is 0 Å². The number of rotatable bonds is 10. The van der Waals surface area contributed by atoms with Gasteiger partial charge in [0.15, 0.2) is 0 Å². The van der Waals surface area contributed by atoms with Crippen molar-refractivity contribution in [3.63, 3.8) is 0 Å². The Morgan fingerprint density at radius 2 is 2.07 bits per heavy atom. The van der Waals surface area contributed by atoms with Gasteiger partial charge in [-0.1, -0.05) is 0 Å². The van der Waals surface area contributed by atoms with E-state index in [1.807, 2.05) is 30.1 Å². The standard InChI is InChI=1S/C9H19I3NO2/c1-3-9(12-10,15-13-2)7-5-4-6-8-14-11/h13H,3-8H2,1-2H3/q-1/t9-/m0/s1. The fourth-order valence-electron chi connectivity index (χ4n) is 1.31. The topological polar surface area (TPSA) is 30.5 Å². The molecule has 1 atom stereocenters. The Balaban J connectivity index is 3.74. The summed E-state index contributed by atoms with van der Waals surface area (Å²) in [5.41, 5.74) is 2.86. The molecule has 3 nitrogen and oxygen atoms in total. The fourth-order valence-corrected chi connectivity index (χ4v) is 6.65. The minimum atomic E-state index is 0.0747. The Morgan fingerprint density at radius 3 is 2.53 bits per heavy atom. The number of alkyl halides is 1. The molecule has 0 rings (SSSR count). The molecule has 0 aliphatic heterocycles. The third-order valence-electron chi connectivity index (χ3n) is 2.21. The van der Waals surface area contributed by atoms with Gasteiger partial charge < -0.3 is 0 Å². The first-order valence-corrected chi connectivity index (χ1v) is 13.3. The molecule has 6 heteroatoms. The van der Waals surface area contributed by atoms with E-state index in [0.717, 1.165) is 19.4 Å². The number of hydrogen-bond acceptors (Lipinski definition) is 3. The molecule has 0 heterocycles. The predicted molar refractivity (Wildman–Crippen MR) is 75.6 cm³/mol. The summed E-state index contributed by atoms with van der Waals surface area (Å²) in [6.45, 7) is 3.08. The van der Waals surface area contributed by atoms with Crippen LogP contribution in [0.5, 0.6) is 0 Å². The molecule has 0 saturated carbocycles. The molecule has 0 saturated heterocycles. The Labute approximate surface area is 127 Å². The summed E-state index contributed by atoms with van der Waals surface area (Å²) < 4.78 is 5.13. The molecule has 0 aromatic carbocycles. The average molecular weight is 554 g/mol. The van der Waals surface area contributed by atoms with Crippen LogP contribution in [-0.4, -0.2) is 17.3 Å². The first kappa shape index (κ1) is 17.1. The quantitative estimate of drug-likeness (QED) is 0.186. The number of unbranched alkanes of at least 4 members (excludes halogenated alkanes) is 2. The summed E-state index contributed by atoms with van der Waals surface area (Å²) in [6.07, 6.45) is 5.90. The molecule has 0 spiro atoms. The van der Waals surface area contributed by atoms with Crippen LogP contribution in [0.25, 0.3) is 0 Å². The SMILES string of the molecule is CC[C@@](CCCCCOI)(ONC)[I-]I. The summed E-state index contributed by atoms with van der Waals surface area (Å²) in [5.74, 6) is 0. The second-order valence-corrected chi connectivity index (χ2v) is 8.97. The maximum atomic E-state index is 5.69. The Morgan fingerprint density at radius 1 is 1.33 bits per heavy atom. The molecule has 0 amide bonds. The monoisotopic (exact) mass is 554 g/mol. The molecule has 0 aliphatic rings. The van der Waals surface area contributed by atoms with Crippen LogP contribution >= 0.6 is 41.6 Å². The summed E-state index contributed by atoms with van der Waals surface area (Å²) in [6, 6.07) is 0. The van der Waals surface area contributed by atoms with E-state index >= 15 is 0 Å². The second kappa shape index (κ2) is 11.2. The number of nitrogens with one attached hydrogen (secondary N) is 1. The molecular formula is C9H19I3NO2-. The molecule has 0 radical (unpaired) electrons. The van der Waals surface area contributed by atoms with Crippen LogP contribution in [0.3, 0.4) is 0 Å². The van der Waals surface area contributed by atoms with Gasteiger partial charge in [-0.3, -0.25) is 0 Å². The molecule has 1 N–H and O–H groups in total. The average Bonchev–Trinajstić information content (AvgIpc) is 2.27. The van der Waals surface area contributed by atoms with E-state index in [1.54, 1.807) is 0 Å². The zero-order valence-electron chi connectivity index (χ0n) is 9.19. The molecule has 0 bridgehead atoms. The van der Waals surface area contributed by atoms with E-state index in [4.69, 9.17) is 7.90 Å². The van der Waals surface area contributed by atoms with Crippen LogP contribution in [0.4, 0.5) is 0 Å². The molecule has 0 fully saturated rings. The first-order chi connectivity index (χ1) is 7.24. The fraction of sp³-hybridized carbons (Fsp3) is 1.00. The number of hydrogen-bond donors (Lipinski definition) is 1. The van der Waals surface area contributed by atoms with Crippen molar-refractivity contribution in [3.8, 4) is 0 Å². The van der Waals surface area contributed by atoms with Gasteiger partial charge in [0.05, 0.1) is 0 Å². The molecule has 15 heavy (non-hydrogen) atoms. The van der Waals surface area contributed by atoms with Crippen molar-refractivity contribution >= 4 is 41.6 Å². The van der Waals surface area contributed by atoms with E-state index in [9.17, 15) is 0 Å². The van der Waals surface area contributed by atoms with Crippen molar-refractivity contribution in [1.82, 2.24) is 5.48 Å². The van der Waals surface area contributed by atoms with E-state index in [1.165, 1.54) is 19.3 Å². The van der Waals surface area contributed by atoms with Gasteiger partial charge in [0.25, 0.3) is 0 Å². The van der Waals surface area contributed by atoms with Gasteiger partial charge in [0.2, 0.25) is 0 Å². The van der Waals surface area contributed by atoms with E-state index in [0.29, 0.717) is 0 Å². The summed E-state index contributed by atoms with van der Waals surface area (Å²) in [5, 5.41) is 0. The van der Waals surface area contributed by atoms with Crippen LogP contribution < -0.4 is 22.7 Å². The molecular weight excluding hydrogens is 535 g/mol. The summed E-state index contributed by atoms with van der Waals surface area (Å²) in [7, 11) is 1.85. The third kappa shape index (κ3) is 7.90. The van der Waals surface area contributed by atoms with Crippen LogP contribution in [0.2, 0.25) is 0 Å². The Kier molecular flexibility index (Phi) is 12.7. The first-order valence-electron chi connectivity index (χ1n) is 5.10. The molecule has 0 unspecified atom stereocenters. The Hall–Kier alpha value is 2.07. The van der Waals surface area contributed by atoms with Crippen LogP contribution in [0, 0.1) is 0 Å². The van der Waals surface area contributed by atoms with Gasteiger partial charge in [-0.2, -0.15) is 0 Å². The molecule has 94 valence electrons. The second-order valence-electron chi connectivity index (χ2n) is 3.24. The van der Waals surface area contributed by atoms with Gasteiger partial charge in [0.1, 0.15) is 0 Å². The zero-order valence-corrected chi connectivity index (χ0v) is 15.7. The number of hydroxylamine groups is 1. The maximum absolute atomic E-state index is 5.69. The zero-order chi connectivity index (χ0) is 11.6. The van der Waals surface area contributed by atoms with E-state index in [-0.39, 0.29) is 20.8 Å². The van der Waals surface area contributed by atoms with Crippen molar-refractivity contribution in [2.45, 2.75) is 42.6 Å². The summed E-state index contributed by atoms with van der Waals surface area (Å²) in [4.78, 5) is 5.69. The Bertz CT molecular complexity index is 145. The van der Waals surface area contributed by atoms with Gasteiger partial charge in [-0.25, -0.2) is 0 Å². The number of halogens is 3. The predicted octanol–water partition coefficient (Wildman–Crippen LogP) is 0.610. The van der Waals surface area contributed by atoms with E-state index < -0.39 is 0 Å². The van der Waals surface area contributed by atoms with Crippen molar-refractivity contribution in [2.24, 2.45) is 0 Å². The minimum absolute atomic E-state index is 0.0747. The molecule has 0 aromatic heterocycles.